The second-order valence-electron chi connectivity index (χ2n) is 2.32. The van der Waals surface area contributed by atoms with Crippen LogP contribution in [0.1, 0.15) is 6.42 Å². The molecule has 0 spiro atoms. The van der Waals surface area contributed by atoms with E-state index in [4.69, 9.17) is 10.4 Å². The van der Waals surface area contributed by atoms with E-state index in [0.29, 0.717) is 12.7 Å². The van der Waals surface area contributed by atoms with Crippen LogP contribution in [0.4, 0.5) is 0 Å². The van der Waals surface area contributed by atoms with Crippen molar-refractivity contribution in [1.29, 1.82) is 5.26 Å². The molecule has 0 aromatic carbocycles. The molecule has 1 fully saturated rings. The van der Waals surface area contributed by atoms with Crippen LogP contribution in [0.3, 0.4) is 0 Å². The summed E-state index contributed by atoms with van der Waals surface area (Å²) in [6.45, 7) is -0.263. The first-order valence-electron chi connectivity index (χ1n) is 3.12. The zero-order chi connectivity index (χ0) is 7.56. The molecule has 0 saturated carbocycles. The van der Waals surface area contributed by atoms with E-state index >= 15 is 0 Å². The topological polar surface area (TPSA) is 73.1 Å². The minimum absolute atomic E-state index is 0.263. The van der Waals surface area contributed by atoms with E-state index in [1.54, 1.807) is 0 Å². The highest BCUT2D eigenvalue weighted by molar-refractivity contribution is 6.65. The molecule has 52 valence electrons. The van der Waals surface area contributed by atoms with Crippen LogP contribution >= 0.6 is 0 Å². The van der Waals surface area contributed by atoms with Gasteiger partial charge in [0.1, 0.15) is 0 Å². The number of carbonyl (C=O) groups is 1. The van der Waals surface area contributed by atoms with Crippen molar-refractivity contribution in [2.24, 2.45) is 0 Å². The molecular weight excluding hydrogens is 131 g/mol. The van der Waals surface area contributed by atoms with Gasteiger partial charge in [-0.2, -0.15) is 0 Å². The predicted molar refractivity (Wildman–Crippen MR) is 35.4 cm³/mol. The van der Waals surface area contributed by atoms with Crippen LogP contribution in [0.2, 0.25) is 6.32 Å². The molecule has 0 radical (unpaired) electrons. The van der Waals surface area contributed by atoms with Gasteiger partial charge in [-0.05, 0) is 12.7 Å². The van der Waals surface area contributed by atoms with Crippen molar-refractivity contribution in [3.63, 3.8) is 0 Å². The highest BCUT2D eigenvalue weighted by atomic mass is 16.4. The van der Waals surface area contributed by atoms with Crippen molar-refractivity contribution in [1.82, 2.24) is 5.23 Å². The first kappa shape index (κ1) is 7.10. The van der Waals surface area contributed by atoms with Crippen molar-refractivity contribution in [3.05, 3.63) is 0 Å². The first-order chi connectivity index (χ1) is 4.74. The fourth-order valence-electron chi connectivity index (χ4n) is 1.04. The molecule has 0 aromatic rings. The van der Waals surface area contributed by atoms with Crippen molar-refractivity contribution in [3.8, 4) is 5.97 Å². The Bertz CT molecular complexity index is 189. The summed E-state index contributed by atoms with van der Waals surface area (Å²) >= 11 is 0. The average molecular weight is 138 g/mol. The maximum atomic E-state index is 10.3. The van der Waals surface area contributed by atoms with E-state index < -0.39 is 12.0 Å². The molecule has 1 rings (SSSR count). The fourth-order valence-corrected chi connectivity index (χ4v) is 1.04. The lowest BCUT2D eigenvalue weighted by Gasteiger charge is -2.01. The zero-order valence-electron chi connectivity index (χ0n) is 5.37. The predicted octanol–water partition coefficient (Wildman–Crippen LogP) is -0.513. The maximum absolute atomic E-state index is 10.3. The van der Waals surface area contributed by atoms with Gasteiger partial charge in [-0.1, -0.05) is 0 Å². The van der Waals surface area contributed by atoms with Crippen molar-refractivity contribution < 1.29 is 9.90 Å². The van der Waals surface area contributed by atoms with Gasteiger partial charge in [-0.3, -0.25) is 4.79 Å². The molecule has 0 aromatic heterocycles. The van der Waals surface area contributed by atoms with Gasteiger partial charge in [0.2, 0.25) is 0 Å². The monoisotopic (exact) mass is 138 g/mol. The van der Waals surface area contributed by atoms with Crippen LogP contribution in [0.25, 0.3) is 0 Å². The Hall–Kier alpha value is -1.02. The number of nitrogens with one attached hydrogen (secondary N) is 1. The van der Waals surface area contributed by atoms with Gasteiger partial charge in [-0.15, -0.1) is 0 Å². The van der Waals surface area contributed by atoms with E-state index in [-0.39, 0.29) is 6.85 Å². The van der Waals surface area contributed by atoms with E-state index in [0.717, 1.165) is 0 Å². The van der Waals surface area contributed by atoms with Crippen molar-refractivity contribution in [2.75, 3.05) is 0 Å². The van der Waals surface area contributed by atoms with Gasteiger partial charge in [0.05, 0.1) is 6.04 Å². The van der Waals surface area contributed by atoms with Gasteiger partial charge in [0, 0.05) is 5.97 Å². The summed E-state index contributed by atoms with van der Waals surface area (Å²) in [5, 5.41) is 19.5. The highest BCUT2D eigenvalue weighted by Crippen LogP contribution is 2.09. The zero-order valence-corrected chi connectivity index (χ0v) is 5.37. The molecule has 2 N–H and O–H groups in total. The van der Waals surface area contributed by atoms with Crippen molar-refractivity contribution >= 4 is 12.8 Å². The third kappa shape index (κ3) is 1.28. The molecule has 4 nitrogen and oxygen atoms in total. The van der Waals surface area contributed by atoms with E-state index in [2.05, 4.69) is 5.23 Å². The number of rotatable bonds is 1. The molecular formula is C5H7BN2O2. The molecule has 10 heavy (non-hydrogen) atoms. The molecule has 0 aliphatic carbocycles. The minimum atomic E-state index is -0.863. The van der Waals surface area contributed by atoms with Crippen LogP contribution in [0, 0.1) is 11.2 Å². The molecule has 0 bridgehead atoms. The quantitative estimate of drug-likeness (QED) is 0.478. The second-order valence-corrected chi connectivity index (χ2v) is 2.32. The van der Waals surface area contributed by atoms with Crippen molar-refractivity contribution in [2.45, 2.75) is 18.8 Å². The Morgan fingerprint density at radius 1 is 1.90 bits per heavy atom. The number of hydrogen-bond acceptors (Lipinski definition) is 3. The summed E-state index contributed by atoms with van der Waals surface area (Å²) in [4.78, 5) is 10.3. The molecule has 0 unspecified atom stereocenters. The Labute approximate surface area is 58.9 Å². The Morgan fingerprint density at radius 3 is 2.90 bits per heavy atom. The summed E-state index contributed by atoms with van der Waals surface area (Å²) in [6, 6.07) is -0.510. The molecule has 5 heteroatoms. The van der Waals surface area contributed by atoms with Gasteiger partial charge >= 0.3 is 12.8 Å². The van der Waals surface area contributed by atoms with Crippen LogP contribution < -0.4 is 5.23 Å². The molecule has 1 aliphatic rings. The largest absolute Gasteiger partial charge is 0.480 e. The molecule has 1 saturated heterocycles. The SMILES string of the molecule is N#CB1CC[C@@H](C(=O)O)N1. The van der Waals surface area contributed by atoms with Gasteiger partial charge in [0.15, 0.2) is 0 Å². The molecule has 1 heterocycles. The number of nitrogens with zero attached hydrogens (tertiary/aromatic N) is 1. The lowest BCUT2D eigenvalue weighted by molar-refractivity contribution is -0.138. The summed E-state index contributed by atoms with van der Waals surface area (Å²) < 4.78 is 0. The fraction of sp³-hybridized carbons (Fsp3) is 0.600. The number of carboxylic acid groups (broad SMARTS) is 1. The van der Waals surface area contributed by atoms with Crippen LogP contribution in [-0.4, -0.2) is 24.0 Å². The average Bonchev–Trinajstić information content (AvgIpc) is 2.34. The summed E-state index contributed by atoms with van der Waals surface area (Å²) in [5.41, 5.74) is 0. The van der Waals surface area contributed by atoms with Gasteiger partial charge in [-0.25, -0.2) is 5.26 Å². The summed E-state index contributed by atoms with van der Waals surface area (Å²) in [7, 11) is 0. The van der Waals surface area contributed by atoms with E-state index in [9.17, 15) is 4.79 Å². The third-order valence-corrected chi connectivity index (χ3v) is 1.60. The number of carboxylic acids is 1. The van der Waals surface area contributed by atoms with Gasteiger partial charge < -0.3 is 10.3 Å². The normalized spacial score (nSPS) is 24.3. The molecule has 0 amide bonds. The van der Waals surface area contributed by atoms with E-state index in [1.165, 1.54) is 0 Å². The number of aliphatic carboxylic acids is 1. The van der Waals surface area contributed by atoms with Crippen LogP contribution in [-0.2, 0) is 4.79 Å². The minimum Gasteiger partial charge on any atom is -0.480 e. The lowest BCUT2D eigenvalue weighted by Crippen LogP contribution is -2.37. The van der Waals surface area contributed by atoms with E-state index in [1.807, 2.05) is 5.97 Å². The molecule has 1 aliphatic heterocycles. The standard InChI is InChI=1S/C5H7BN2O2/c7-3-6-2-1-4(8-6)5(9)10/h4,8H,1-2H2,(H,9,10)/t4-/m0/s1. The maximum Gasteiger partial charge on any atom is 0.346 e. The third-order valence-electron chi connectivity index (χ3n) is 1.60. The Kier molecular flexibility index (Phi) is 1.92. The van der Waals surface area contributed by atoms with Crippen LogP contribution in [0.5, 0.6) is 0 Å². The second kappa shape index (κ2) is 2.71. The lowest BCUT2D eigenvalue weighted by atomic mass is 9.64. The molecule has 1 atom stereocenters. The number of nitriles is 1. The van der Waals surface area contributed by atoms with Gasteiger partial charge in [0.25, 0.3) is 0 Å². The van der Waals surface area contributed by atoms with Crippen LogP contribution in [0.15, 0.2) is 0 Å². The Balaban J connectivity index is 2.45. The smallest absolute Gasteiger partial charge is 0.346 e. The highest BCUT2D eigenvalue weighted by Gasteiger charge is 2.31. The first-order valence-corrected chi connectivity index (χ1v) is 3.12. The summed E-state index contributed by atoms with van der Waals surface area (Å²) in [5.74, 6) is 1.11. The summed E-state index contributed by atoms with van der Waals surface area (Å²) in [6.07, 6.45) is 1.21. The Morgan fingerprint density at radius 2 is 2.60 bits per heavy atom. The number of hydrogen-bond donors (Lipinski definition) is 2.